The summed E-state index contributed by atoms with van der Waals surface area (Å²) in [5.41, 5.74) is 2.09. The second-order valence-corrected chi connectivity index (χ2v) is 6.79. The van der Waals surface area contributed by atoms with Crippen LogP contribution < -0.4 is 10.6 Å². The molecule has 1 fully saturated rings. The van der Waals surface area contributed by atoms with Crippen molar-refractivity contribution in [3.05, 3.63) is 29.8 Å². The van der Waals surface area contributed by atoms with Gasteiger partial charge in [0, 0.05) is 23.3 Å². The van der Waals surface area contributed by atoms with Gasteiger partial charge in [0.05, 0.1) is 0 Å². The molecule has 1 unspecified atom stereocenters. The van der Waals surface area contributed by atoms with E-state index in [2.05, 4.69) is 24.5 Å². The van der Waals surface area contributed by atoms with Gasteiger partial charge in [0.25, 0.3) is 5.91 Å². The Labute approximate surface area is 122 Å². The van der Waals surface area contributed by atoms with Gasteiger partial charge in [-0.1, -0.05) is 26.3 Å². The second kappa shape index (κ2) is 5.86. The molecule has 1 saturated carbocycles. The Morgan fingerprint density at radius 1 is 1.35 bits per heavy atom. The molecule has 1 aliphatic rings. The first kappa shape index (κ1) is 14.9. The zero-order chi connectivity index (χ0) is 14.8. The summed E-state index contributed by atoms with van der Waals surface area (Å²) in [7, 11) is 0. The summed E-state index contributed by atoms with van der Waals surface area (Å²) >= 11 is 0. The highest BCUT2D eigenvalue weighted by molar-refractivity contribution is 5.95. The van der Waals surface area contributed by atoms with Gasteiger partial charge >= 0.3 is 0 Å². The van der Waals surface area contributed by atoms with Gasteiger partial charge in [-0.15, -0.1) is 0 Å². The summed E-state index contributed by atoms with van der Waals surface area (Å²) in [6, 6.07) is 8.45. The monoisotopic (exact) mass is 274 g/mol. The molecule has 0 aliphatic heterocycles. The van der Waals surface area contributed by atoms with Gasteiger partial charge in [0.2, 0.25) is 0 Å². The quantitative estimate of drug-likeness (QED) is 0.876. The maximum absolute atomic E-state index is 12.0. The second-order valence-electron chi connectivity index (χ2n) is 6.79. The molecular weight excluding hydrogens is 248 g/mol. The first-order chi connectivity index (χ1) is 9.38. The fourth-order valence-corrected chi connectivity index (χ4v) is 2.89. The fraction of sp³-hybridized carbons (Fsp3) is 0.588. The lowest BCUT2D eigenvalue weighted by Crippen LogP contribution is -2.31. The van der Waals surface area contributed by atoms with Gasteiger partial charge in [0.1, 0.15) is 0 Å². The van der Waals surface area contributed by atoms with E-state index < -0.39 is 0 Å². The zero-order valence-corrected chi connectivity index (χ0v) is 13.0. The van der Waals surface area contributed by atoms with E-state index in [-0.39, 0.29) is 11.9 Å². The Morgan fingerprint density at radius 2 is 2.10 bits per heavy atom. The van der Waals surface area contributed by atoms with Gasteiger partial charge in [-0.3, -0.25) is 4.79 Å². The molecule has 3 heteroatoms. The molecule has 1 amide bonds. The smallest absolute Gasteiger partial charge is 0.251 e. The molecule has 2 rings (SSSR count). The van der Waals surface area contributed by atoms with Crippen LogP contribution in [0.15, 0.2) is 24.3 Å². The lowest BCUT2D eigenvalue weighted by atomic mass is 9.87. The Morgan fingerprint density at radius 3 is 2.70 bits per heavy atom. The minimum Gasteiger partial charge on any atom is -0.382 e. The van der Waals surface area contributed by atoms with Crippen molar-refractivity contribution in [1.82, 2.24) is 5.32 Å². The number of anilines is 1. The van der Waals surface area contributed by atoms with E-state index in [1.807, 2.05) is 38.1 Å². The van der Waals surface area contributed by atoms with E-state index in [0.29, 0.717) is 11.5 Å². The van der Waals surface area contributed by atoms with Crippen LogP contribution in [0.25, 0.3) is 0 Å². The number of rotatable bonds is 4. The van der Waals surface area contributed by atoms with Gasteiger partial charge in [0.15, 0.2) is 0 Å². The van der Waals surface area contributed by atoms with E-state index in [0.717, 1.165) is 11.3 Å². The number of amides is 1. The summed E-state index contributed by atoms with van der Waals surface area (Å²) in [6.07, 6.45) is 3.74. The number of nitrogens with one attached hydrogen (secondary N) is 2. The van der Waals surface area contributed by atoms with E-state index in [4.69, 9.17) is 0 Å². The predicted octanol–water partition coefficient (Wildman–Crippen LogP) is 3.82. The molecule has 0 heterocycles. The van der Waals surface area contributed by atoms with Crippen molar-refractivity contribution in [3.8, 4) is 0 Å². The zero-order valence-electron chi connectivity index (χ0n) is 13.0. The minimum absolute atomic E-state index is 0.00525. The highest BCUT2D eigenvalue weighted by atomic mass is 16.1. The van der Waals surface area contributed by atoms with Crippen LogP contribution in [0.2, 0.25) is 0 Å². The third kappa shape index (κ3) is 3.53. The average Bonchev–Trinajstić information content (AvgIpc) is 2.68. The van der Waals surface area contributed by atoms with E-state index in [9.17, 15) is 4.79 Å². The summed E-state index contributed by atoms with van der Waals surface area (Å²) in [6.45, 7) is 8.57. The molecule has 0 spiro atoms. The Kier molecular flexibility index (Phi) is 4.36. The lowest BCUT2D eigenvalue weighted by Gasteiger charge is -2.28. The number of carbonyl (C=O) groups is 1. The molecule has 1 aromatic rings. The summed E-state index contributed by atoms with van der Waals surface area (Å²) in [4.78, 5) is 12.0. The number of hydrogen-bond acceptors (Lipinski definition) is 2. The molecule has 1 aliphatic carbocycles. The summed E-state index contributed by atoms with van der Waals surface area (Å²) in [5.74, 6) is -0.00525. The SMILES string of the molecule is CC(C)NC(=O)c1cccc(NC2CCCC2(C)C)c1. The predicted molar refractivity (Wildman–Crippen MR) is 84.1 cm³/mol. The number of benzene rings is 1. The average molecular weight is 274 g/mol. The van der Waals surface area contributed by atoms with E-state index >= 15 is 0 Å². The standard InChI is InChI=1S/C17H26N2O/c1-12(2)18-16(20)13-7-5-8-14(11-13)19-15-9-6-10-17(15,3)4/h5,7-8,11-12,15,19H,6,9-10H2,1-4H3,(H,18,20). The topological polar surface area (TPSA) is 41.1 Å². The van der Waals surface area contributed by atoms with Crippen LogP contribution in [0.1, 0.15) is 57.3 Å². The molecule has 0 saturated heterocycles. The van der Waals surface area contributed by atoms with E-state index in [1.54, 1.807) is 0 Å². The maximum atomic E-state index is 12.0. The molecule has 20 heavy (non-hydrogen) atoms. The van der Waals surface area contributed by atoms with Crippen LogP contribution in [0.4, 0.5) is 5.69 Å². The van der Waals surface area contributed by atoms with Crippen LogP contribution in [0.5, 0.6) is 0 Å². The highest BCUT2D eigenvalue weighted by Gasteiger charge is 2.34. The molecule has 0 bridgehead atoms. The maximum Gasteiger partial charge on any atom is 0.251 e. The first-order valence-corrected chi connectivity index (χ1v) is 7.56. The molecule has 0 radical (unpaired) electrons. The Balaban J connectivity index is 2.08. The van der Waals surface area contributed by atoms with E-state index in [1.165, 1.54) is 19.3 Å². The fourth-order valence-electron chi connectivity index (χ4n) is 2.89. The molecular formula is C17H26N2O. The highest BCUT2D eigenvalue weighted by Crippen LogP contribution is 2.39. The van der Waals surface area contributed by atoms with Crippen molar-refractivity contribution in [2.24, 2.45) is 5.41 Å². The molecule has 110 valence electrons. The van der Waals surface area contributed by atoms with Crippen molar-refractivity contribution >= 4 is 11.6 Å². The third-order valence-corrected chi connectivity index (χ3v) is 4.14. The summed E-state index contributed by atoms with van der Waals surface area (Å²) in [5, 5.41) is 6.53. The van der Waals surface area contributed by atoms with Gasteiger partial charge in [-0.05, 0) is 50.3 Å². The lowest BCUT2D eigenvalue weighted by molar-refractivity contribution is 0.0943. The number of carbonyl (C=O) groups excluding carboxylic acids is 1. The van der Waals surface area contributed by atoms with Crippen LogP contribution in [-0.4, -0.2) is 18.0 Å². The third-order valence-electron chi connectivity index (χ3n) is 4.14. The molecule has 1 atom stereocenters. The van der Waals surface area contributed by atoms with Crippen LogP contribution in [-0.2, 0) is 0 Å². The molecule has 2 N–H and O–H groups in total. The van der Waals surface area contributed by atoms with Gasteiger partial charge in [-0.2, -0.15) is 0 Å². The first-order valence-electron chi connectivity index (χ1n) is 7.56. The van der Waals surface area contributed by atoms with Crippen molar-refractivity contribution in [3.63, 3.8) is 0 Å². The van der Waals surface area contributed by atoms with Gasteiger partial charge < -0.3 is 10.6 Å². The summed E-state index contributed by atoms with van der Waals surface area (Å²) < 4.78 is 0. The Bertz CT molecular complexity index is 480. The van der Waals surface area contributed by atoms with Crippen molar-refractivity contribution < 1.29 is 4.79 Å². The van der Waals surface area contributed by atoms with Crippen molar-refractivity contribution in [1.29, 1.82) is 0 Å². The largest absolute Gasteiger partial charge is 0.382 e. The van der Waals surface area contributed by atoms with Gasteiger partial charge in [-0.25, -0.2) is 0 Å². The van der Waals surface area contributed by atoms with Crippen LogP contribution in [0, 0.1) is 5.41 Å². The Hall–Kier alpha value is -1.51. The molecule has 1 aromatic carbocycles. The van der Waals surface area contributed by atoms with Crippen LogP contribution >= 0.6 is 0 Å². The molecule has 3 nitrogen and oxygen atoms in total. The molecule has 0 aromatic heterocycles. The number of hydrogen-bond donors (Lipinski definition) is 2. The minimum atomic E-state index is -0.00525. The van der Waals surface area contributed by atoms with Crippen molar-refractivity contribution in [2.75, 3.05) is 5.32 Å². The van der Waals surface area contributed by atoms with Crippen LogP contribution in [0.3, 0.4) is 0 Å². The normalized spacial score (nSPS) is 20.9. The van der Waals surface area contributed by atoms with Crippen molar-refractivity contribution in [2.45, 2.75) is 59.0 Å².